The topological polar surface area (TPSA) is 82.5 Å². The van der Waals surface area contributed by atoms with Gasteiger partial charge in [-0.15, -0.1) is 11.3 Å². The minimum atomic E-state index is -1.17. The maximum atomic E-state index is 11.1. The second-order valence-corrected chi connectivity index (χ2v) is 6.38. The highest BCUT2D eigenvalue weighted by molar-refractivity contribution is 7.14. The number of benzene rings is 2. The maximum Gasteiger partial charge on any atom is 0.339 e. The fourth-order valence-electron chi connectivity index (χ4n) is 2.38. The molecule has 3 N–H and O–H groups in total. The third-order valence-electron chi connectivity index (χ3n) is 3.65. The highest BCUT2D eigenvalue weighted by Gasteiger charge is 2.12. The van der Waals surface area contributed by atoms with Crippen molar-refractivity contribution in [2.45, 2.75) is 13.8 Å². The molecule has 0 amide bonds. The molecule has 1 heterocycles. The van der Waals surface area contributed by atoms with Crippen molar-refractivity contribution in [1.82, 2.24) is 4.98 Å². The molecule has 0 aliphatic heterocycles. The average Bonchev–Trinajstić information content (AvgIpc) is 2.99. The summed E-state index contributed by atoms with van der Waals surface area (Å²) >= 11 is 1.44. The lowest BCUT2D eigenvalue weighted by atomic mass is 10.0. The number of thiazole rings is 1. The van der Waals surface area contributed by atoms with Crippen molar-refractivity contribution in [1.29, 1.82) is 0 Å². The molecule has 3 rings (SSSR count). The van der Waals surface area contributed by atoms with Crippen molar-refractivity contribution in [3.8, 4) is 17.0 Å². The molecule has 24 heavy (non-hydrogen) atoms. The average molecular weight is 340 g/mol. The maximum absolute atomic E-state index is 11.1. The van der Waals surface area contributed by atoms with Gasteiger partial charge in [0.2, 0.25) is 0 Å². The zero-order chi connectivity index (χ0) is 17.3. The molecule has 0 spiro atoms. The molecule has 6 heteroatoms. The third kappa shape index (κ3) is 3.23. The van der Waals surface area contributed by atoms with Crippen LogP contribution in [0.3, 0.4) is 0 Å². The van der Waals surface area contributed by atoms with Crippen molar-refractivity contribution in [2.24, 2.45) is 0 Å². The molecule has 0 radical (unpaired) electrons. The van der Waals surface area contributed by atoms with Gasteiger partial charge in [-0.05, 0) is 43.7 Å². The zero-order valence-corrected chi connectivity index (χ0v) is 14.0. The van der Waals surface area contributed by atoms with E-state index in [0.29, 0.717) is 10.8 Å². The molecule has 0 atom stereocenters. The van der Waals surface area contributed by atoms with E-state index in [-0.39, 0.29) is 11.3 Å². The van der Waals surface area contributed by atoms with Crippen LogP contribution in [0.5, 0.6) is 5.75 Å². The summed E-state index contributed by atoms with van der Waals surface area (Å²) in [5, 5.41) is 24.3. The number of aromatic carboxylic acids is 1. The summed E-state index contributed by atoms with van der Waals surface area (Å²) in [6.07, 6.45) is 0. The standard InChI is InChI=1S/C18H16N2O3S/c1-10-3-4-11(2)13(7-10)15-9-24-18(20-15)19-12-5-6-16(21)14(8-12)17(22)23/h3-9,21H,1-2H3,(H,19,20)(H,22,23). The van der Waals surface area contributed by atoms with Gasteiger partial charge >= 0.3 is 5.97 Å². The van der Waals surface area contributed by atoms with Gasteiger partial charge in [0.05, 0.1) is 5.69 Å². The van der Waals surface area contributed by atoms with Crippen molar-refractivity contribution >= 4 is 28.1 Å². The lowest BCUT2D eigenvalue weighted by molar-refractivity contribution is 0.0694. The molecule has 0 aliphatic rings. The Morgan fingerprint density at radius 2 is 1.96 bits per heavy atom. The molecule has 0 bridgehead atoms. The summed E-state index contributed by atoms with van der Waals surface area (Å²) in [7, 11) is 0. The number of aromatic nitrogens is 1. The summed E-state index contributed by atoms with van der Waals surface area (Å²) in [5.74, 6) is -1.44. The number of anilines is 2. The first kappa shape index (κ1) is 16.0. The van der Waals surface area contributed by atoms with Crippen LogP contribution in [0.25, 0.3) is 11.3 Å². The highest BCUT2D eigenvalue weighted by atomic mass is 32.1. The van der Waals surface area contributed by atoms with Gasteiger partial charge in [0.15, 0.2) is 5.13 Å². The normalized spacial score (nSPS) is 10.6. The molecule has 0 saturated heterocycles. The molecule has 0 saturated carbocycles. The number of aromatic hydroxyl groups is 1. The van der Waals surface area contributed by atoms with Crippen LogP contribution in [0.15, 0.2) is 41.8 Å². The molecule has 5 nitrogen and oxygen atoms in total. The number of nitrogens with one attached hydrogen (secondary N) is 1. The number of carboxylic acids is 1. The van der Waals surface area contributed by atoms with Gasteiger partial charge < -0.3 is 15.5 Å². The first-order valence-corrected chi connectivity index (χ1v) is 8.18. The lowest BCUT2D eigenvalue weighted by Crippen LogP contribution is -1.98. The van der Waals surface area contributed by atoms with Crippen molar-refractivity contribution in [3.05, 3.63) is 58.5 Å². The zero-order valence-electron chi connectivity index (χ0n) is 13.2. The summed E-state index contributed by atoms with van der Waals surface area (Å²) < 4.78 is 0. The number of phenols is 1. The van der Waals surface area contributed by atoms with E-state index in [9.17, 15) is 9.90 Å². The molecule has 3 aromatic rings. The summed E-state index contributed by atoms with van der Waals surface area (Å²) in [6, 6.07) is 10.6. The SMILES string of the molecule is Cc1ccc(C)c(-c2csc(Nc3ccc(O)c(C(=O)O)c3)n2)c1. The van der Waals surface area contributed by atoms with E-state index in [2.05, 4.69) is 28.5 Å². The number of hydrogen-bond donors (Lipinski definition) is 3. The molecule has 1 aromatic heterocycles. The van der Waals surface area contributed by atoms with Crippen LogP contribution < -0.4 is 5.32 Å². The molecular weight excluding hydrogens is 324 g/mol. The van der Waals surface area contributed by atoms with Crippen LogP contribution in [0.1, 0.15) is 21.5 Å². The van der Waals surface area contributed by atoms with Crippen molar-refractivity contribution in [2.75, 3.05) is 5.32 Å². The Balaban J connectivity index is 1.88. The largest absolute Gasteiger partial charge is 0.507 e. The number of hydrogen-bond acceptors (Lipinski definition) is 5. The van der Waals surface area contributed by atoms with Crippen LogP contribution in [-0.4, -0.2) is 21.2 Å². The first-order chi connectivity index (χ1) is 11.4. The van der Waals surface area contributed by atoms with Gasteiger partial charge in [0, 0.05) is 16.6 Å². The first-order valence-electron chi connectivity index (χ1n) is 7.30. The van der Waals surface area contributed by atoms with E-state index in [1.54, 1.807) is 6.07 Å². The number of carboxylic acid groups (broad SMARTS) is 1. The lowest BCUT2D eigenvalue weighted by Gasteiger charge is -2.06. The monoisotopic (exact) mass is 340 g/mol. The van der Waals surface area contributed by atoms with Gasteiger partial charge in [0.1, 0.15) is 11.3 Å². The Labute approximate surface area is 143 Å². The second-order valence-electron chi connectivity index (χ2n) is 5.52. The number of aryl methyl sites for hydroxylation is 2. The summed E-state index contributed by atoms with van der Waals surface area (Å²) in [5.41, 5.74) is 4.69. The van der Waals surface area contributed by atoms with Gasteiger partial charge in [-0.3, -0.25) is 0 Å². The predicted molar refractivity (Wildman–Crippen MR) is 95.4 cm³/mol. The molecule has 0 unspecified atom stereocenters. The van der Waals surface area contributed by atoms with Crippen molar-refractivity contribution < 1.29 is 15.0 Å². The molecular formula is C18H16N2O3S. The Morgan fingerprint density at radius 1 is 1.17 bits per heavy atom. The Bertz CT molecular complexity index is 918. The minimum Gasteiger partial charge on any atom is -0.507 e. The van der Waals surface area contributed by atoms with Crippen LogP contribution in [-0.2, 0) is 0 Å². The fourth-order valence-corrected chi connectivity index (χ4v) is 3.11. The van der Waals surface area contributed by atoms with Crippen molar-refractivity contribution in [3.63, 3.8) is 0 Å². The highest BCUT2D eigenvalue weighted by Crippen LogP contribution is 2.30. The molecule has 122 valence electrons. The van der Waals surface area contributed by atoms with Gasteiger partial charge in [-0.1, -0.05) is 17.7 Å². The molecule has 0 aliphatic carbocycles. The number of nitrogens with zero attached hydrogens (tertiary/aromatic N) is 1. The van der Waals surface area contributed by atoms with Gasteiger partial charge in [-0.2, -0.15) is 0 Å². The van der Waals surface area contributed by atoms with E-state index >= 15 is 0 Å². The fraction of sp³-hybridized carbons (Fsp3) is 0.111. The second kappa shape index (κ2) is 6.33. The minimum absolute atomic E-state index is 0.147. The van der Waals surface area contributed by atoms with Crippen LogP contribution >= 0.6 is 11.3 Å². The Hall–Kier alpha value is -2.86. The Kier molecular flexibility index (Phi) is 4.22. The number of rotatable bonds is 4. The van der Waals surface area contributed by atoms with Gasteiger partial charge in [-0.25, -0.2) is 9.78 Å². The van der Waals surface area contributed by atoms with Crippen LogP contribution in [0.4, 0.5) is 10.8 Å². The van der Waals surface area contributed by atoms with E-state index in [0.717, 1.165) is 16.8 Å². The van der Waals surface area contributed by atoms with Crippen LogP contribution in [0, 0.1) is 13.8 Å². The summed E-state index contributed by atoms with van der Waals surface area (Å²) in [4.78, 5) is 15.7. The van der Waals surface area contributed by atoms with E-state index in [4.69, 9.17) is 5.11 Å². The molecule has 0 fully saturated rings. The van der Waals surface area contributed by atoms with E-state index < -0.39 is 5.97 Å². The summed E-state index contributed by atoms with van der Waals surface area (Å²) in [6.45, 7) is 4.08. The van der Waals surface area contributed by atoms with E-state index in [1.165, 1.54) is 29.0 Å². The van der Waals surface area contributed by atoms with Gasteiger partial charge in [0.25, 0.3) is 0 Å². The van der Waals surface area contributed by atoms with E-state index in [1.807, 2.05) is 19.2 Å². The molecule has 2 aromatic carbocycles. The number of carbonyl (C=O) groups is 1. The predicted octanol–water partition coefficient (Wildman–Crippen LogP) is 4.57. The quantitative estimate of drug-likeness (QED) is 0.606. The van der Waals surface area contributed by atoms with Crippen LogP contribution in [0.2, 0.25) is 0 Å². The third-order valence-corrected chi connectivity index (χ3v) is 4.41. The Morgan fingerprint density at radius 3 is 2.71 bits per heavy atom. The smallest absolute Gasteiger partial charge is 0.339 e.